The summed E-state index contributed by atoms with van der Waals surface area (Å²) in [7, 11) is -3.78. The van der Waals surface area contributed by atoms with Crippen molar-refractivity contribution in [2.24, 2.45) is 0 Å². The van der Waals surface area contributed by atoms with Gasteiger partial charge >= 0.3 is 16.2 Å². The fourth-order valence-corrected chi connectivity index (χ4v) is 4.65. The summed E-state index contributed by atoms with van der Waals surface area (Å²) >= 11 is 0. The van der Waals surface area contributed by atoms with Gasteiger partial charge < -0.3 is 14.2 Å². The van der Waals surface area contributed by atoms with Gasteiger partial charge in [-0.3, -0.25) is 4.31 Å². The molecule has 0 spiro atoms. The molecule has 1 atom stereocenters. The minimum atomic E-state index is -3.78. The largest absolute Gasteiger partial charge is 0.463 e. The van der Waals surface area contributed by atoms with Crippen molar-refractivity contribution >= 4 is 16.2 Å². The molecule has 0 amide bonds. The van der Waals surface area contributed by atoms with Crippen LogP contribution >= 0.6 is 0 Å². The number of esters is 1. The Morgan fingerprint density at radius 2 is 1.93 bits per heavy atom. The van der Waals surface area contributed by atoms with Crippen molar-refractivity contribution in [1.82, 2.24) is 9.03 Å². The maximum atomic E-state index is 12.6. The second-order valence-corrected chi connectivity index (χ2v) is 8.62. The van der Waals surface area contributed by atoms with E-state index in [-0.39, 0.29) is 25.5 Å². The second-order valence-electron chi connectivity index (χ2n) is 6.96. The van der Waals surface area contributed by atoms with Crippen molar-refractivity contribution in [3.05, 3.63) is 59.8 Å². The molecule has 2 aliphatic rings. The molecular weight excluding hydrogens is 408 g/mol. The van der Waals surface area contributed by atoms with Crippen molar-refractivity contribution in [2.45, 2.75) is 26.4 Å². The fourth-order valence-electron chi connectivity index (χ4n) is 3.37. The molecule has 0 aliphatic carbocycles. The Morgan fingerprint density at radius 1 is 1.17 bits per heavy atom. The van der Waals surface area contributed by atoms with Crippen LogP contribution in [0, 0.1) is 0 Å². The van der Waals surface area contributed by atoms with Crippen LogP contribution in [0.2, 0.25) is 0 Å². The molecule has 8 nitrogen and oxygen atoms in total. The van der Waals surface area contributed by atoms with E-state index in [0.717, 1.165) is 21.0 Å². The predicted molar refractivity (Wildman–Crippen MR) is 110 cm³/mol. The van der Waals surface area contributed by atoms with Crippen molar-refractivity contribution in [2.75, 3.05) is 13.4 Å². The van der Waals surface area contributed by atoms with Gasteiger partial charge in [0.25, 0.3) is 0 Å². The number of benzene rings is 2. The maximum absolute atomic E-state index is 12.6. The molecule has 158 valence electrons. The lowest BCUT2D eigenvalue weighted by atomic mass is 10.0. The second kappa shape index (κ2) is 8.00. The zero-order valence-corrected chi connectivity index (χ0v) is 17.4. The standard InChI is InChI=1S/C21H22N2O6S/c1-3-27-21(24)18-12-23(30(25,26)22-14(18)2)11-15-5-4-6-16(9-15)17-7-8-19-20(10-17)29-13-28-19/h4-10,12,14,22H,3,11,13H2,1-2H3. The van der Waals surface area contributed by atoms with E-state index in [1.807, 2.05) is 42.5 Å². The van der Waals surface area contributed by atoms with Crippen molar-refractivity contribution in [3.63, 3.8) is 0 Å². The van der Waals surface area contributed by atoms with Gasteiger partial charge in [0.05, 0.1) is 24.8 Å². The first-order chi connectivity index (χ1) is 14.4. The Balaban J connectivity index is 1.62. The van der Waals surface area contributed by atoms with Crippen molar-refractivity contribution in [3.8, 4) is 22.6 Å². The molecule has 2 aromatic rings. The topological polar surface area (TPSA) is 94.2 Å². The van der Waals surface area contributed by atoms with Crippen molar-refractivity contribution in [1.29, 1.82) is 0 Å². The van der Waals surface area contributed by atoms with Gasteiger partial charge in [0.15, 0.2) is 11.5 Å². The van der Waals surface area contributed by atoms with E-state index in [0.29, 0.717) is 11.5 Å². The van der Waals surface area contributed by atoms with E-state index in [1.165, 1.54) is 6.20 Å². The number of fused-ring (bicyclic) bond motifs is 1. The van der Waals surface area contributed by atoms with E-state index >= 15 is 0 Å². The van der Waals surface area contributed by atoms with Gasteiger partial charge in [-0.15, -0.1) is 0 Å². The summed E-state index contributed by atoms with van der Waals surface area (Å²) in [5, 5.41) is 0. The molecule has 9 heteroatoms. The molecule has 0 aromatic heterocycles. The van der Waals surface area contributed by atoms with Gasteiger partial charge in [0.1, 0.15) is 0 Å². The molecule has 0 radical (unpaired) electrons. The number of carbonyl (C=O) groups excluding carboxylic acids is 1. The Kier molecular flexibility index (Phi) is 5.40. The van der Waals surface area contributed by atoms with Crippen LogP contribution in [-0.2, 0) is 26.3 Å². The lowest BCUT2D eigenvalue weighted by Gasteiger charge is -2.30. The summed E-state index contributed by atoms with van der Waals surface area (Å²) < 4.78 is 44.6. The molecular formula is C21H22N2O6S. The van der Waals surface area contributed by atoms with Gasteiger partial charge in [-0.2, -0.15) is 13.1 Å². The third-order valence-electron chi connectivity index (χ3n) is 4.87. The zero-order chi connectivity index (χ0) is 21.3. The highest BCUT2D eigenvalue weighted by Crippen LogP contribution is 2.36. The van der Waals surface area contributed by atoms with E-state index < -0.39 is 22.2 Å². The molecule has 0 saturated carbocycles. The van der Waals surface area contributed by atoms with Crippen LogP contribution in [-0.4, -0.2) is 38.1 Å². The average molecular weight is 430 g/mol. The highest BCUT2D eigenvalue weighted by atomic mass is 32.2. The molecule has 2 aromatic carbocycles. The van der Waals surface area contributed by atoms with Crippen molar-refractivity contribution < 1.29 is 27.4 Å². The minimum Gasteiger partial charge on any atom is -0.463 e. The lowest BCUT2D eigenvalue weighted by Crippen LogP contribution is -2.48. The molecule has 0 saturated heterocycles. The number of rotatable bonds is 5. The van der Waals surface area contributed by atoms with Crippen LogP contribution in [0.3, 0.4) is 0 Å². The van der Waals surface area contributed by atoms with Gasteiger partial charge in [-0.05, 0) is 48.7 Å². The Bertz CT molecular complexity index is 1110. The molecule has 2 heterocycles. The Morgan fingerprint density at radius 3 is 2.73 bits per heavy atom. The van der Waals surface area contributed by atoms with E-state index in [1.54, 1.807) is 13.8 Å². The summed E-state index contributed by atoms with van der Waals surface area (Å²) in [4.78, 5) is 12.2. The van der Waals surface area contributed by atoms with Gasteiger partial charge in [-0.25, -0.2) is 4.79 Å². The first kappa shape index (κ1) is 20.2. The molecule has 0 fully saturated rings. The molecule has 4 rings (SSSR count). The number of hydrogen-bond donors (Lipinski definition) is 1. The molecule has 0 bridgehead atoms. The van der Waals surface area contributed by atoms with Gasteiger partial charge in [-0.1, -0.05) is 24.3 Å². The number of nitrogens with one attached hydrogen (secondary N) is 1. The van der Waals surface area contributed by atoms with Gasteiger partial charge in [0, 0.05) is 6.20 Å². The Labute approximate surface area is 175 Å². The Hall–Kier alpha value is -3.04. The zero-order valence-electron chi connectivity index (χ0n) is 16.6. The third kappa shape index (κ3) is 3.99. The minimum absolute atomic E-state index is 0.0728. The number of nitrogens with zero attached hydrogens (tertiary/aromatic N) is 1. The predicted octanol–water partition coefficient (Wildman–Crippen LogP) is 2.57. The van der Waals surface area contributed by atoms with E-state index in [2.05, 4.69) is 4.72 Å². The molecule has 30 heavy (non-hydrogen) atoms. The molecule has 1 unspecified atom stereocenters. The normalized spacial score (nSPS) is 19.3. The highest BCUT2D eigenvalue weighted by molar-refractivity contribution is 7.87. The number of ether oxygens (including phenoxy) is 3. The summed E-state index contributed by atoms with van der Waals surface area (Å²) in [6, 6.07) is 12.5. The SMILES string of the molecule is CCOC(=O)C1=CN(Cc2cccc(-c3ccc4c(c3)OCO4)c2)S(=O)(=O)NC1C. The summed E-state index contributed by atoms with van der Waals surface area (Å²) in [5.74, 6) is 0.842. The quantitative estimate of drug-likeness (QED) is 0.733. The van der Waals surface area contributed by atoms with Crippen LogP contribution < -0.4 is 14.2 Å². The van der Waals surface area contributed by atoms with Crippen LogP contribution in [0.5, 0.6) is 11.5 Å². The number of hydrogen-bond acceptors (Lipinski definition) is 6. The van der Waals surface area contributed by atoms with Crippen LogP contribution in [0.4, 0.5) is 0 Å². The average Bonchev–Trinajstić information content (AvgIpc) is 3.18. The first-order valence-corrected chi connectivity index (χ1v) is 11.0. The van der Waals surface area contributed by atoms with Crippen LogP contribution in [0.25, 0.3) is 11.1 Å². The first-order valence-electron chi connectivity index (χ1n) is 9.54. The number of carbonyl (C=O) groups is 1. The maximum Gasteiger partial charge on any atom is 0.337 e. The fraction of sp³-hybridized carbons (Fsp3) is 0.286. The van der Waals surface area contributed by atoms with E-state index in [9.17, 15) is 13.2 Å². The van der Waals surface area contributed by atoms with Crippen LogP contribution in [0.1, 0.15) is 19.4 Å². The van der Waals surface area contributed by atoms with Gasteiger partial charge in [0.2, 0.25) is 6.79 Å². The molecule has 1 N–H and O–H groups in total. The lowest BCUT2D eigenvalue weighted by molar-refractivity contribution is -0.138. The van der Waals surface area contributed by atoms with Crippen LogP contribution in [0.15, 0.2) is 54.2 Å². The summed E-state index contributed by atoms with van der Waals surface area (Å²) in [5.41, 5.74) is 2.87. The summed E-state index contributed by atoms with van der Waals surface area (Å²) in [6.07, 6.45) is 1.35. The smallest absolute Gasteiger partial charge is 0.337 e. The third-order valence-corrected chi connectivity index (χ3v) is 6.37. The highest BCUT2D eigenvalue weighted by Gasteiger charge is 2.33. The molecule has 2 aliphatic heterocycles. The van der Waals surface area contributed by atoms with E-state index in [4.69, 9.17) is 14.2 Å². The monoisotopic (exact) mass is 430 g/mol. The summed E-state index contributed by atoms with van der Waals surface area (Å²) in [6.45, 7) is 3.80.